The number of imide groups is 2. The first-order chi connectivity index (χ1) is 25.0. The second-order valence-electron chi connectivity index (χ2n) is 14.2. The Morgan fingerprint density at radius 2 is 0.784 bits per heavy atom. The summed E-state index contributed by atoms with van der Waals surface area (Å²) in [5, 5.41) is 6.59. The molecular formula is C43H48N2O6. The summed E-state index contributed by atoms with van der Waals surface area (Å²) >= 11 is 0. The molecule has 0 unspecified atom stereocenters. The summed E-state index contributed by atoms with van der Waals surface area (Å²) in [4.78, 5) is 57.6. The van der Waals surface area contributed by atoms with Crippen LogP contribution in [0.1, 0.15) is 125 Å². The molecule has 7 rings (SSSR count). The van der Waals surface area contributed by atoms with Crippen LogP contribution in [0, 0.1) is 0 Å². The number of methoxy groups -OCH3 is 1. The molecule has 2 aliphatic rings. The molecule has 2 heterocycles. The van der Waals surface area contributed by atoms with Crippen LogP contribution in [0.15, 0.2) is 48.5 Å². The van der Waals surface area contributed by atoms with Crippen LogP contribution >= 0.6 is 0 Å². The van der Waals surface area contributed by atoms with E-state index >= 15 is 0 Å². The summed E-state index contributed by atoms with van der Waals surface area (Å²) in [6, 6.07) is 15.0. The van der Waals surface area contributed by atoms with Crippen LogP contribution in [-0.2, 0) is 9.47 Å². The van der Waals surface area contributed by atoms with E-state index in [-0.39, 0.29) is 30.2 Å². The van der Waals surface area contributed by atoms with E-state index in [9.17, 15) is 19.2 Å². The number of unbranched alkanes of at least 4 members (excludes halogenated alkanes) is 9. The molecule has 4 amide bonds. The van der Waals surface area contributed by atoms with Crippen molar-refractivity contribution in [2.45, 2.75) is 84.0 Å². The van der Waals surface area contributed by atoms with E-state index in [2.05, 4.69) is 6.92 Å². The highest BCUT2D eigenvalue weighted by Gasteiger charge is 2.36. The van der Waals surface area contributed by atoms with Gasteiger partial charge in [0.15, 0.2) is 0 Å². The van der Waals surface area contributed by atoms with Gasteiger partial charge < -0.3 is 9.47 Å². The molecule has 5 aromatic carbocycles. The molecule has 0 atom stereocenters. The van der Waals surface area contributed by atoms with Crippen molar-refractivity contribution in [2.75, 3.05) is 40.0 Å². The molecule has 0 aromatic heterocycles. The van der Waals surface area contributed by atoms with Crippen molar-refractivity contribution >= 4 is 66.7 Å². The highest BCUT2D eigenvalue weighted by atomic mass is 16.5. The fourth-order valence-electron chi connectivity index (χ4n) is 8.26. The largest absolute Gasteiger partial charge is 0.385 e. The van der Waals surface area contributed by atoms with Crippen LogP contribution in [-0.4, -0.2) is 73.4 Å². The number of ether oxygens (including phenoxy) is 2. The molecule has 0 spiro atoms. The second-order valence-corrected chi connectivity index (χ2v) is 14.2. The number of rotatable bonds is 19. The second kappa shape index (κ2) is 15.5. The molecule has 8 heteroatoms. The summed E-state index contributed by atoms with van der Waals surface area (Å²) in [6.07, 6.45) is 13.9. The Balaban J connectivity index is 1.06. The fraction of sp³-hybridized carbons (Fsp3) is 0.442. The predicted octanol–water partition coefficient (Wildman–Crippen LogP) is 9.29. The molecule has 266 valence electrons. The molecule has 5 aromatic rings. The van der Waals surface area contributed by atoms with Gasteiger partial charge in [-0.1, -0.05) is 89.0 Å². The molecule has 2 aliphatic heterocycles. The first kappa shape index (κ1) is 35.0. The van der Waals surface area contributed by atoms with Crippen LogP contribution < -0.4 is 0 Å². The zero-order valence-corrected chi connectivity index (χ0v) is 30.0. The SMILES string of the molecule is CCCCCCCCCCCCOCCCN1C(=O)c2ccc3c4ccc5c6c(ccc(c7ccc(c2c37)C1=O)c64)C(=O)N(CCCOC)C5=O. The van der Waals surface area contributed by atoms with Gasteiger partial charge in [-0.15, -0.1) is 0 Å². The molecule has 0 saturated carbocycles. The smallest absolute Gasteiger partial charge is 0.261 e. The average molecular weight is 689 g/mol. The summed E-state index contributed by atoms with van der Waals surface area (Å²) in [6.45, 7) is 4.51. The maximum absolute atomic E-state index is 13.9. The van der Waals surface area contributed by atoms with E-state index < -0.39 is 0 Å². The molecular weight excluding hydrogens is 640 g/mol. The predicted molar refractivity (Wildman–Crippen MR) is 202 cm³/mol. The third-order valence-electron chi connectivity index (χ3n) is 10.8. The standard InChI is InChI=1S/C43H48N2O6/c1-3-4-5-6-7-8-9-10-11-12-26-51-27-14-24-45-42(48)34-21-17-30-28-15-19-32-38-33(41(47)44(40(32)46)23-13-25-50-2)20-16-29(36(28)38)31-18-22-35(43(45)49)39(34)37(30)31/h15-22H,3-14,23-27H2,1-2H3. The Labute approximate surface area is 299 Å². The molecule has 0 saturated heterocycles. The topological polar surface area (TPSA) is 93.2 Å². The minimum Gasteiger partial charge on any atom is -0.385 e. The number of amides is 4. The highest BCUT2D eigenvalue weighted by molar-refractivity contribution is 6.41. The maximum atomic E-state index is 13.9. The van der Waals surface area contributed by atoms with Crippen LogP contribution in [0.2, 0.25) is 0 Å². The lowest BCUT2D eigenvalue weighted by Crippen LogP contribution is -2.41. The number of benzene rings is 5. The number of hydrogen-bond acceptors (Lipinski definition) is 6. The number of nitrogens with zero attached hydrogens (tertiary/aromatic N) is 2. The van der Waals surface area contributed by atoms with Crippen molar-refractivity contribution in [2.24, 2.45) is 0 Å². The van der Waals surface area contributed by atoms with Crippen molar-refractivity contribution in [3.05, 3.63) is 70.8 Å². The number of carbonyl (C=O) groups excluding carboxylic acids is 4. The van der Waals surface area contributed by atoms with E-state index in [0.29, 0.717) is 72.2 Å². The lowest BCUT2D eigenvalue weighted by atomic mass is 9.82. The lowest BCUT2D eigenvalue weighted by Gasteiger charge is -2.30. The quantitative estimate of drug-likeness (QED) is 0.0372. The first-order valence-electron chi connectivity index (χ1n) is 19.0. The molecule has 0 N–H and O–H groups in total. The number of hydrogen-bond donors (Lipinski definition) is 0. The summed E-state index contributed by atoms with van der Waals surface area (Å²) in [7, 11) is 1.60. The van der Waals surface area contributed by atoms with Crippen molar-refractivity contribution in [1.82, 2.24) is 9.80 Å². The van der Waals surface area contributed by atoms with Gasteiger partial charge in [-0.05, 0) is 75.8 Å². The molecule has 0 fully saturated rings. The molecule has 0 aliphatic carbocycles. The van der Waals surface area contributed by atoms with Gasteiger partial charge in [0.2, 0.25) is 0 Å². The fourth-order valence-corrected chi connectivity index (χ4v) is 8.26. The van der Waals surface area contributed by atoms with E-state index in [1.54, 1.807) is 19.2 Å². The van der Waals surface area contributed by atoms with Gasteiger partial charge in [0, 0.05) is 73.0 Å². The van der Waals surface area contributed by atoms with Crippen LogP contribution in [0.5, 0.6) is 0 Å². The van der Waals surface area contributed by atoms with Crippen LogP contribution in [0.4, 0.5) is 0 Å². The summed E-state index contributed by atoms with van der Waals surface area (Å²) in [5.41, 5.74) is 2.04. The Hall–Kier alpha value is -4.40. The summed E-state index contributed by atoms with van der Waals surface area (Å²) in [5.74, 6) is -1.17. The lowest BCUT2D eigenvalue weighted by molar-refractivity contribution is 0.0571. The van der Waals surface area contributed by atoms with Gasteiger partial charge in [-0.3, -0.25) is 29.0 Å². The third kappa shape index (κ3) is 6.38. The Morgan fingerprint density at radius 3 is 1.18 bits per heavy atom. The minimum atomic E-state index is -0.302. The Kier molecular flexibility index (Phi) is 10.6. The van der Waals surface area contributed by atoms with Crippen LogP contribution in [0.25, 0.3) is 43.1 Å². The summed E-state index contributed by atoms with van der Waals surface area (Å²) < 4.78 is 11.0. The molecule has 0 bridgehead atoms. The maximum Gasteiger partial charge on any atom is 0.261 e. The van der Waals surface area contributed by atoms with Gasteiger partial charge in [0.05, 0.1) is 0 Å². The Bertz CT molecular complexity index is 2000. The van der Waals surface area contributed by atoms with Crippen molar-refractivity contribution < 1.29 is 28.7 Å². The number of carbonyl (C=O) groups is 4. The van der Waals surface area contributed by atoms with Gasteiger partial charge >= 0.3 is 0 Å². The average Bonchev–Trinajstić information content (AvgIpc) is 3.14. The third-order valence-corrected chi connectivity index (χ3v) is 10.8. The molecule has 0 radical (unpaired) electrons. The van der Waals surface area contributed by atoms with Crippen molar-refractivity contribution in [3.63, 3.8) is 0 Å². The highest BCUT2D eigenvalue weighted by Crippen LogP contribution is 2.46. The van der Waals surface area contributed by atoms with Crippen molar-refractivity contribution in [3.8, 4) is 0 Å². The Morgan fingerprint density at radius 1 is 0.431 bits per heavy atom. The normalized spacial score (nSPS) is 14.5. The zero-order chi connectivity index (χ0) is 35.5. The van der Waals surface area contributed by atoms with E-state index in [1.807, 2.05) is 36.4 Å². The van der Waals surface area contributed by atoms with Gasteiger partial charge in [-0.25, -0.2) is 0 Å². The minimum absolute atomic E-state index is 0.285. The van der Waals surface area contributed by atoms with E-state index in [0.717, 1.165) is 38.7 Å². The van der Waals surface area contributed by atoms with E-state index in [1.165, 1.54) is 67.6 Å². The van der Waals surface area contributed by atoms with Crippen LogP contribution in [0.3, 0.4) is 0 Å². The monoisotopic (exact) mass is 688 g/mol. The molecule has 8 nitrogen and oxygen atoms in total. The van der Waals surface area contributed by atoms with Gasteiger partial charge in [0.1, 0.15) is 0 Å². The zero-order valence-electron chi connectivity index (χ0n) is 30.0. The van der Waals surface area contributed by atoms with Gasteiger partial charge in [-0.2, -0.15) is 0 Å². The van der Waals surface area contributed by atoms with Crippen molar-refractivity contribution in [1.29, 1.82) is 0 Å². The first-order valence-corrected chi connectivity index (χ1v) is 19.0. The number of fused-ring (bicyclic) bond motifs is 2. The molecule has 51 heavy (non-hydrogen) atoms. The van der Waals surface area contributed by atoms with E-state index in [4.69, 9.17) is 9.47 Å². The van der Waals surface area contributed by atoms with Gasteiger partial charge in [0.25, 0.3) is 23.6 Å².